The number of amides is 1. The number of nitrogens with zero attached hydrogens (tertiary/aromatic N) is 1. The molecule has 1 atom stereocenters. The van der Waals surface area contributed by atoms with Crippen LogP contribution in [0.25, 0.3) is 6.08 Å². The predicted octanol–water partition coefficient (Wildman–Crippen LogP) is 3.28. The van der Waals surface area contributed by atoms with Crippen LogP contribution in [0.15, 0.2) is 29.2 Å². The van der Waals surface area contributed by atoms with E-state index in [1.165, 1.54) is 18.2 Å². The molecule has 116 valence electrons. The molecule has 1 aliphatic heterocycles. The monoisotopic (exact) mass is 339 g/mol. The minimum absolute atomic E-state index is 0.216. The lowest BCUT2D eigenvalue weighted by Gasteiger charge is -2.22. The lowest BCUT2D eigenvalue weighted by Crippen LogP contribution is -2.43. The van der Waals surface area contributed by atoms with Crippen LogP contribution in [0, 0.1) is 5.82 Å². The molecular weight excluding hydrogens is 325 g/mol. The standard InChI is InChI=1S/C15H14FNO3S2/c1-2-4-11(14(19)20)17-13(18)12(22-15(17)21)8-9-5-3-6-10(16)7-9/h3,5-8,11H,2,4H2,1H3,(H,19,20)/b12-8-/t11-/m0/s1. The fraction of sp³-hybridized carbons (Fsp3) is 0.267. The van der Waals surface area contributed by atoms with Crippen LogP contribution in [0.4, 0.5) is 4.39 Å². The summed E-state index contributed by atoms with van der Waals surface area (Å²) in [5.74, 6) is -1.93. The zero-order chi connectivity index (χ0) is 16.3. The highest BCUT2D eigenvalue weighted by Crippen LogP contribution is 2.34. The van der Waals surface area contributed by atoms with Gasteiger partial charge in [0.1, 0.15) is 16.2 Å². The van der Waals surface area contributed by atoms with Crippen molar-refractivity contribution in [3.05, 3.63) is 40.6 Å². The second kappa shape index (κ2) is 7.02. The lowest BCUT2D eigenvalue weighted by atomic mass is 10.1. The number of thioether (sulfide) groups is 1. The van der Waals surface area contributed by atoms with E-state index in [0.29, 0.717) is 23.3 Å². The molecule has 0 radical (unpaired) electrons. The minimum atomic E-state index is -1.08. The molecule has 1 heterocycles. The summed E-state index contributed by atoms with van der Waals surface area (Å²) in [4.78, 5) is 25.2. The maximum atomic E-state index is 13.2. The Hall–Kier alpha value is -1.73. The van der Waals surface area contributed by atoms with E-state index in [-0.39, 0.29) is 4.32 Å². The van der Waals surface area contributed by atoms with E-state index >= 15 is 0 Å². The first kappa shape index (κ1) is 16.6. The van der Waals surface area contributed by atoms with E-state index < -0.39 is 23.7 Å². The van der Waals surface area contributed by atoms with E-state index in [2.05, 4.69) is 0 Å². The summed E-state index contributed by atoms with van der Waals surface area (Å²) in [5, 5.41) is 9.28. The molecule has 0 aromatic heterocycles. The molecule has 1 aromatic rings. The van der Waals surface area contributed by atoms with Gasteiger partial charge in [-0.15, -0.1) is 0 Å². The number of aliphatic carboxylic acids is 1. The summed E-state index contributed by atoms with van der Waals surface area (Å²) in [6, 6.07) is 4.85. The first-order valence-corrected chi connectivity index (χ1v) is 7.92. The predicted molar refractivity (Wildman–Crippen MR) is 87.7 cm³/mol. The molecule has 1 N–H and O–H groups in total. The van der Waals surface area contributed by atoms with E-state index in [9.17, 15) is 19.1 Å². The first-order valence-electron chi connectivity index (χ1n) is 6.69. The second-order valence-corrected chi connectivity index (χ2v) is 6.43. The first-order chi connectivity index (χ1) is 10.4. The van der Waals surface area contributed by atoms with Gasteiger partial charge in [-0.05, 0) is 30.2 Å². The SMILES string of the molecule is CCC[C@@H](C(=O)O)N1C(=O)/C(=C/c2cccc(F)c2)SC1=S. The van der Waals surface area contributed by atoms with Gasteiger partial charge in [0, 0.05) is 0 Å². The Labute approximate surface area is 137 Å². The third kappa shape index (κ3) is 3.53. The van der Waals surface area contributed by atoms with Crippen molar-refractivity contribution in [1.29, 1.82) is 0 Å². The highest BCUT2D eigenvalue weighted by molar-refractivity contribution is 8.26. The molecule has 22 heavy (non-hydrogen) atoms. The zero-order valence-electron chi connectivity index (χ0n) is 11.8. The van der Waals surface area contributed by atoms with Gasteiger partial charge in [0.25, 0.3) is 5.91 Å². The van der Waals surface area contributed by atoms with Gasteiger partial charge in [0.15, 0.2) is 0 Å². The quantitative estimate of drug-likeness (QED) is 0.659. The number of carboxylic acids is 1. The van der Waals surface area contributed by atoms with E-state index in [4.69, 9.17) is 12.2 Å². The number of halogens is 1. The topological polar surface area (TPSA) is 57.6 Å². The van der Waals surface area contributed by atoms with E-state index in [0.717, 1.165) is 16.7 Å². The summed E-state index contributed by atoms with van der Waals surface area (Å²) in [5.41, 5.74) is 0.530. The molecule has 0 bridgehead atoms. The number of hydrogen-bond acceptors (Lipinski definition) is 4. The van der Waals surface area contributed by atoms with Crippen LogP contribution in [0.5, 0.6) is 0 Å². The lowest BCUT2D eigenvalue weighted by molar-refractivity contribution is -0.145. The van der Waals surface area contributed by atoms with Gasteiger partial charge in [0.2, 0.25) is 0 Å². The molecule has 4 nitrogen and oxygen atoms in total. The van der Waals surface area contributed by atoms with E-state index in [1.807, 2.05) is 6.92 Å². The van der Waals surface area contributed by atoms with Gasteiger partial charge in [0.05, 0.1) is 4.91 Å². The van der Waals surface area contributed by atoms with Crippen molar-refractivity contribution in [1.82, 2.24) is 4.90 Å². The number of carbonyl (C=O) groups excluding carboxylic acids is 1. The Kier molecular flexibility index (Phi) is 5.31. The summed E-state index contributed by atoms with van der Waals surface area (Å²) >= 11 is 6.17. The Morgan fingerprint density at radius 2 is 2.27 bits per heavy atom. The molecule has 0 unspecified atom stereocenters. The van der Waals surface area contributed by atoms with Crippen LogP contribution in [-0.4, -0.2) is 32.2 Å². The van der Waals surface area contributed by atoms with Crippen molar-refractivity contribution >= 4 is 46.3 Å². The van der Waals surface area contributed by atoms with Crippen LogP contribution in [0.1, 0.15) is 25.3 Å². The number of thiocarbonyl (C=S) groups is 1. The molecule has 1 saturated heterocycles. The van der Waals surface area contributed by atoms with Crippen molar-refractivity contribution in [3.8, 4) is 0 Å². The Balaban J connectivity index is 2.30. The molecule has 1 fully saturated rings. The van der Waals surface area contributed by atoms with Gasteiger partial charge < -0.3 is 5.11 Å². The number of carbonyl (C=O) groups is 2. The maximum absolute atomic E-state index is 13.2. The minimum Gasteiger partial charge on any atom is -0.480 e. The fourth-order valence-corrected chi connectivity index (χ4v) is 3.49. The normalized spacial score (nSPS) is 18.1. The maximum Gasteiger partial charge on any atom is 0.326 e. The average Bonchev–Trinajstić information content (AvgIpc) is 2.71. The van der Waals surface area contributed by atoms with Crippen molar-refractivity contribution < 1.29 is 19.1 Å². The number of hydrogen-bond donors (Lipinski definition) is 1. The summed E-state index contributed by atoms with van der Waals surface area (Å²) in [6.45, 7) is 1.84. The van der Waals surface area contributed by atoms with Crippen molar-refractivity contribution in [3.63, 3.8) is 0 Å². The van der Waals surface area contributed by atoms with Crippen LogP contribution >= 0.6 is 24.0 Å². The Bertz CT molecular complexity index is 660. The Morgan fingerprint density at radius 3 is 2.86 bits per heavy atom. The summed E-state index contributed by atoms with van der Waals surface area (Å²) in [7, 11) is 0. The molecular formula is C15H14FNO3S2. The highest BCUT2D eigenvalue weighted by atomic mass is 32.2. The molecule has 0 aliphatic carbocycles. The highest BCUT2D eigenvalue weighted by Gasteiger charge is 2.39. The molecule has 1 aromatic carbocycles. The van der Waals surface area contributed by atoms with Crippen LogP contribution in [0.3, 0.4) is 0 Å². The van der Waals surface area contributed by atoms with Crippen molar-refractivity contribution in [2.45, 2.75) is 25.8 Å². The van der Waals surface area contributed by atoms with Gasteiger partial charge in [-0.25, -0.2) is 9.18 Å². The molecule has 1 aliphatic rings. The molecule has 0 saturated carbocycles. The number of rotatable bonds is 5. The van der Waals surface area contributed by atoms with Gasteiger partial charge in [-0.1, -0.05) is 49.5 Å². The van der Waals surface area contributed by atoms with Gasteiger partial charge in [-0.3, -0.25) is 9.69 Å². The smallest absolute Gasteiger partial charge is 0.326 e. The van der Waals surface area contributed by atoms with Crippen LogP contribution in [-0.2, 0) is 9.59 Å². The van der Waals surface area contributed by atoms with Gasteiger partial charge in [-0.2, -0.15) is 0 Å². The molecule has 1 amide bonds. The van der Waals surface area contributed by atoms with Gasteiger partial charge >= 0.3 is 5.97 Å². The molecule has 2 rings (SSSR count). The largest absolute Gasteiger partial charge is 0.480 e. The molecule has 0 spiro atoms. The fourth-order valence-electron chi connectivity index (χ4n) is 2.13. The third-order valence-corrected chi connectivity index (χ3v) is 4.46. The summed E-state index contributed by atoms with van der Waals surface area (Å²) in [6.07, 6.45) is 2.47. The summed E-state index contributed by atoms with van der Waals surface area (Å²) < 4.78 is 13.4. The average molecular weight is 339 g/mol. The van der Waals surface area contributed by atoms with Crippen molar-refractivity contribution in [2.75, 3.05) is 0 Å². The Morgan fingerprint density at radius 1 is 1.55 bits per heavy atom. The number of benzene rings is 1. The van der Waals surface area contributed by atoms with E-state index in [1.54, 1.807) is 12.1 Å². The van der Waals surface area contributed by atoms with Crippen molar-refractivity contribution in [2.24, 2.45) is 0 Å². The third-order valence-electron chi connectivity index (χ3n) is 3.13. The zero-order valence-corrected chi connectivity index (χ0v) is 13.4. The van der Waals surface area contributed by atoms with Crippen LogP contribution in [0.2, 0.25) is 0 Å². The molecule has 7 heteroatoms. The second-order valence-electron chi connectivity index (χ2n) is 4.75. The van der Waals surface area contributed by atoms with Crippen LogP contribution < -0.4 is 0 Å². The number of carboxylic acid groups (broad SMARTS) is 1.